The molecule has 70 valence electrons. The van der Waals surface area contributed by atoms with E-state index in [1.165, 1.54) is 0 Å². The van der Waals surface area contributed by atoms with E-state index in [2.05, 4.69) is 10.6 Å². The van der Waals surface area contributed by atoms with Crippen LogP contribution in [0.4, 0.5) is 10.5 Å². The second kappa shape index (κ2) is 4.35. The van der Waals surface area contributed by atoms with Gasteiger partial charge in [-0.1, -0.05) is 18.2 Å². The highest BCUT2D eigenvalue weighted by atomic mass is 16.4. The molecule has 3 N–H and O–H groups in total. The maximum absolute atomic E-state index is 10.2. The number of rotatable bonds is 3. The molecule has 1 amide bonds. The molecule has 0 spiro atoms. The third kappa shape index (κ3) is 2.66. The van der Waals surface area contributed by atoms with Gasteiger partial charge in [-0.3, -0.25) is 0 Å². The van der Waals surface area contributed by atoms with Gasteiger partial charge in [0, 0.05) is 19.3 Å². The predicted molar refractivity (Wildman–Crippen MR) is 50.9 cm³/mol. The molecule has 1 aromatic carbocycles. The summed E-state index contributed by atoms with van der Waals surface area (Å²) in [5.74, 6) is 0. The molecule has 4 nitrogen and oxygen atoms in total. The molecule has 1 aromatic rings. The molecule has 0 aliphatic carbocycles. The SMILES string of the molecule is CNc1ccccc1CNC(=O)O. The van der Waals surface area contributed by atoms with Crippen LogP contribution in [0, 0.1) is 0 Å². The minimum atomic E-state index is -1.01. The summed E-state index contributed by atoms with van der Waals surface area (Å²) in [6.07, 6.45) is -1.01. The van der Waals surface area contributed by atoms with Crippen LogP contribution in [0.3, 0.4) is 0 Å². The Bertz CT molecular complexity index is 299. The molecule has 0 aliphatic heterocycles. The summed E-state index contributed by atoms with van der Waals surface area (Å²) < 4.78 is 0. The molecule has 0 saturated carbocycles. The maximum Gasteiger partial charge on any atom is 0.404 e. The van der Waals surface area contributed by atoms with Gasteiger partial charge in [-0.25, -0.2) is 4.79 Å². The molecule has 0 unspecified atom stereocenters. The van der Waals surface area contributed by atoms with Gasteiger partial charge in [-0.05, 0) is 11.6 Å². The average Bonchev–Trinajstić information content (AvgIpc) is 2.15. The van der Waals surface area contributed by atoms with E-state index < -0.39 is 6.09 Å². The summed E-state index contributed by atoms with van der Waals surface area (Å²) in [5, 5.41) is 13.7. The Morgan fingerprint density at radius 2 is 2.15 bits per heavy atom. The van der Waals surface area contributed by atoms with Crippen molar-refractivity contribution in [1.82, 2.24) is 5.32 Å². The quantitative estimate of drug-likeness (QED) is 0.660. The molecule has 0 bridgehead atoms. The second-order valence-electron chi connectivity index (χ2n) is 2.57. The number of carbonyl (C=O) groups is 1. The van der Waals surface area contributed by atoms with E-state index in [1.54, 1.807) is 7.05 Å². The first-order valence-electron chi connectivity index (χ1n) is 3.96. The molecule has 0 atom stereocenters. The van der Waals surface area contributed by atoms with Gasteiger partial charge in [0.1, 0.15) is 0 Å². The van der Waals surface area contributed by atoms with E-state index in [4.69, 9.17) is 5.11 Å². The normalized spacial score (nSPS) is 9.31. The first-order chi connectivity index (χ1) is 6.24. The van der Waals surface area contributed by atoms with Crippen molar-refractivity contribution in [1.29, 1.82) is 0 Å². The number of benzene rings is 1. The van der Waals surface area contributed by atoms with Crippen LogP contribution in [-0.2, 0) is 6.54 Å². The van der Waals surface area contributed by atoms with Crippen molar-refractivity contribution in [2.75, 3.05) is 12.4 Å². The lowest BCUT2D eigenvalue weighted by Gasteiger charge is -2.07. The average molecular weight is 180 g/mol. The van der Waals surface area contributed by atoms with E-state index >= 15 is 0 Å². The van der Waals surface area contributed by atoms with E-state index in [-0.39, 0.29) is 0 Å². The Labute approximate surface area is 76.6 Å². The summed E-state index contributed by atoms with van der Waals surface area (Å²) in [6.45, 7) is 0.326. The van der Waals surface area contributed by atoms with Crippen LogP contribution in [0.15, 0.2) is 24.3 Å². The van der Waals surface area contributed by atoms with E-state index in [0.717, 1.165) is 11.3 Å². The third-order valence-corrected chi connectivity index (χ3v) is 1.72. The number of anilines is 1. The Balaban J connectivity index is 2.69. The summed E-state index contributed by atoms with van der Waals surface area (Å²) in [6, 6.07) is 7.55. The van der Waals surface area contributed by atoms with Crippen molar-refractivity contribution >= 4 is 11.8 Å². The maximum atomic E-state index is 10.2. The number of amides is 1. The number of para-hydroxylation sites is 1. The Morgan fingerprint density at radius 3 is 2.77 bits per heavy atom. The molecule has 13 heavy (non-hydrogen) atoms. The molecule has 0 radical (unpaired) electrons. The lowest BCUT2D eigenvalue weighted by atomic mass is 10.2. The predicted octanol–water partition coefficient (Wildman–Crippen LogP) is 1.50. The van der Waals surface area contributed by atoms with Gasteiger partial charge < -0.3 is 15.7 Å². The second-order valence-corrected chi connectivity index (χ2v) is 2.57. The van der Waals surface area contributed by atoms with Gasteiger partial charge in [0.2, 0.25) is 0 Å². The van der Waals surface area contributed by atoms with Crippen molar-refractivity contribution in [3.05, 3.63) is 29.8 Å². The molecule has 4 heteroatoms. The highest BCUT2D eigenvalue weighted by Crippen LogP contribution is 2.13. The van der Waals surface area contributed by atoms with Crippen LogP contribution in [0.2, 0.25) is 0 Å². The van der Waals surface area contributed by atoms with Crippen LogP contribution < -0.4 is 10.6 Å². The first-order valence-corrected chi connectivity index (χ1v) is 3.96. The third-order valence-electron chi connectivity index (χ3n) is 1.72. The molecular weight excluding hydrogens is 168 g/mol. The van der Waals surface area contributed by atoms with Crippen LogP contribution in [0.5, 0.6) is 0 Å². The minimum absolute atomic E-state index is 0.326. The van der Waals surface area contributed by atoms with Crippen LogP contribution in [0.1, 0.15) is 5.56 Å². The van der Waals surface area contributed by atoms with Crippen molar-refractivity contribution in [3.8, 4) is 0 Å². The Kier molecular flexibility index (Phi) is 3.14. The monoisotopic (exact) mass is 180 g/mol. The van der Waals surface area contributed by atoms with E-state index in [0.29, 0.717) is 6.54 Å². The molecular formula is C9H12N2O2. The van der Waals surface area contributed by atoms with Crippen molar-refractivity contribution < 1.29 is 9.90 Å². The molecule has 0 heterocycles. The topological polar surface area (TPSA) is 61.4 Å². The summed E-state index contributed by atoms with van der Waals surface area (Å²) in [4.78, 5) is 10.2. The van der Waals surface area contributed by atoms with Gasteiger partial charge in [0.25, 0.3) is 0 Å². The summed E-state index contributed by atoms with van der Waals surface area (Å²) in [7, 11) is 1.81. The fourth-order valence-corrected chi connectivity index (χ4v) is 1.09. The molecule has 0 saturated heterocycles. The fourth-order valence-electron chi connectivity index (χ4n) is 1.09. The van der Waals surface area contributed by atoms with Gasteiger partial charge >= 0.3 is 6.09 Å². The minimum Gasteiger partial charge on any atom is -0.465 e. The first kappa shape index (κ1) is 9.38. The number of carboxylic acid groups (broad SMARTS) is 1. The van der Waals surface area contributed by atoms with Crippen LogP contribution in [0.25, 0.3) is 0 Å². The zero-order chi connectivity index (χ0) is 9.68. The van der Waals surface area contributed by atoms with Crippen molar-refractivity contribution in [3.63, 3.8) is 0 Å². The fraction of sp³-hybridized carbons (Fsp3) is 0.222. The van der Waals surface area contributed by atoms with Crippen molar-refractivity contribution in [2.45, 2.75) is 6.54 Å². The van der Waals surface area contributed by atoms with E-state index in [1.807, 2.05) is 24.3 Å². The van der Waals surface area contributed by atoms with Gasteiger partial charge in [-0.2, -0.15) is 0 Å². The van der Waals surface area contributed by atoms with Gasteiger partial charge in [-0.15, -0.1) is 0 Å². The van der Waals surface area contributed by atoms with Crippen molar-refractivity contribution in [2.24, 2.45) is 0 Å². The van der Waals surface area contributed by atoms with E-state index in [9.17, 15) is 4.79 Å². The van der Waals surface area contributed by atoms with Gasteiger partial charge in [0.05, 0.1) is 0 Å². The highest BCUT2D eigenvalue weighted by Gasteiger charge is 2.00. The summed E-state index contributed by atoms with van der Waals surface area (Å²) >= 11 is 0. The number of hydrogen-bond donors (Lipinski definition) is 3. The molecule has 1 rings (SSSR count). The summed E-state index contributed by atoms with van der Waals surface area (Å²) in [5.41, 5.74) is 1.88. The Hall–Kier alpha value is -1.71. The lowest BCUT2D eigenvalue weighted by molar-refractivity contribution is 0.194. The Morgan fingerprint density at radius 1 is 1.46 bits per heavy atom. The molecule has 0 aromatic heterocycles. The zero-order valence-corrected chi connectivity index (χ0v) is 7.37. The highest BCUT2D eigenvalue weighted by molar-refractivity contribution is 5.65. The smallest absolute Gasteiger partial charge is 0.404 e. The molecule has 0 aliphatic rings. The largest absolute Gasteiger partial charge is 0.465 e. The zero-order valence-electron chi connectivity index (χ0n) is 7.37. The number of nitrogens with one attached hydrogen (secondary N) is 2. The number of hydrogen-bond acceptors (Lipinski definition) is 2. The molecule has 0 fully saturated rings. The van der Waals surface area contributed by atoms with Crippen LogP contribution >= 0.6 is 0 Å². The van der Waals surface area contributed by atoms with Crippen LogP contribution in [-0.4, -0.2) is 18.2 Å². The lowest BCUT2D eigenvalue weighted by Crippen LogP contribution is -2.20. The standard InChI is InChI=1S/C9H12N2O2/c1-10-8-5-3-2-4-7(8)6-11-9(12)13/h2-5,10-11H,6H2,1H3,(H,12,13). The van der Waals surface area contributed by atoms with Gasteiger partial charge in [0.15, 0.2) is 0 Å².